The molecule has 11 heavy (non-hydrogen) atoms. The number of anilines is 1. The number of benzene rings is 1. The van der Waals surface area contributed by atoms with E-state index < -0.39 is 0 Å². The predicted molar refractivity (Wildman–Crippen MR) is 47.4 cm³/mol. The van der Waals surface area contributed by atoms with E-state index in [9.17, 15) is 0 Å². The molecule has 1 aromatic rings. The van der Waals surface area contributed by atoms with Gasteiger partial charge in [-0.2, -0.15) is 0 Å². The highest BCUT2D eigenvalue weighted by molar-refractivity contribution is 6.39. The van der Waals surface area contributed by atoms with Crippen molar-refractivity contribution in [2.45, 2.75) is 0 Å². The van der Waals surface area contributed by atoms with Gasteiger partial charge in [-0.15, -0.1) is 0 Å². The van der Waals surface area contributed by atoms with Gasteiger partial charge in [0.05, 0.1) is 22.8 Å². The van der Waals surface area contributed by atoms with E-state index in [1.54, 1.807) is 12.1 Å². The lowest BCUT2D eigenvalue weighted by Gasteiger charge is -2.04. The molecule has 0 saturated heterocycles. The molecule has 0 aliphatic carbocycles. The summed E-state index contributed by atoms with van der Waals surface area (Å²) in [5.41, 5.74) is 5.87. The number of halogens is 2. The number of rotatable bonds is 1. The van der Waals surface area contributed by atoms with Gasteiger partial charge >= 0.3 is 0 Å². The molecule has 0 fully saturated rings. The van der Waals surface area contributed by atoms with E-state index in [1.807, 2.05) is 0 Å². The van der Waals surface area contributed by atoms with Gasteiger partial charge < -0.3 is 10.5 Å². The summed E-state index contributed by atoms with van der Waals surface area (Å²) in [7, 11) is 1.54. The lowest BCUT2D eigenvalue weighted by molar-refractivity contribution is 0.415. The summed E-state index contributed by atoms with van der Waals surface area (Å²) in [4.78, 5) is 0. The van der Waals surface area contributed by atoms with Crippen LogP contribution in [0.3, 0.4) is 0 Å². The molecular formula is C7H7Cl2NO. The van der Waals surface area contributed by atoms with Crippen LogP contribution in [0.1, 0.15) is 0 Å². The Morgan fingerprint density at radius 1 is 1.27 bits per heavy atom. The van der Waals surface area contributed by atoms with Crippen LogP contribution in [0.2, 0.25) is 10.0 Å². The van der Waals surface area contributed by atoms with Crippen LogP contribution in [0.25, 0.3) is 0 Å². The second-order valence-corrected chi connectivity index (χ2v) is 2.82. The SMILES string of the molecule is COc1cc(Cl)c(N)c(Cl)c1. The largest absolute Gasteiger partial charge is 0.497 e. The molecule has 0 aromatic heterocycles. The van der Waals surface area contributed by atoms with E-state index >= 15 is 0 Å². The Morgan fingerprint density at radius 3 is 2.09 bits per heavy atom. The quantitative estimate of drug-likeness (QED) is 0.694. The summed E-state index contributed by atoms with van der Waals surface area (Å²) in [5.74, 6) is 0.606. The fourth-order valence-electron chi connectivity index (χ4n) is 0.679. The van der Waals surface area contributed by atoms with Crippen molar-refractivity contribution in [1.82, 2.24) is 0 Å². The molecule has 0 aliphatic rings. The summed E-state index contributed by atoms with van der Waals surface area (Å²) < 4.78 is 4.91. The van der Waals surface area contributed by atoms with Crippen molar-refractivity contribution in [2.75, 3.05) is 12.8 Å². The Labute approximate surface area is 74.9 Å². The molecule has 0 saturated carbocycles. The number of nitrogens with two attached hydrogens (primary N) is 1. The van der Waals surface area contributed by atoms with E-state index in [2.05, 4.69) is 0 Å². The van der Waals surface area contributed by atoms with Crippen molar-refractivity contribution in [1.29, 1.82) is 0 Å². The average molecular weight is 192 g/mol. The fraction of sp³-hybridized carbons (Fsp3) is 0.143. The predicted octanol–water partition coefficient (Wildman–Crippen LogP) is 2.58. The van der Waals surface area contributed by atoms with Crippen LogP contribution in [0.15, 0.2) is 12.1 Å². The average Bonchev–Trinajstić information content (AvgIpc) is 1.99. The maximum absolute atomic E-state index is 5.71. The van der Waals surface area contributed by atoms with Gasteiger partial charge in [0.25, 0.3) is 0 Å². The molecule has 0 spiro atoms. The zero-order valence-corrected chi connectivity index (χ0v) is 7.41. The highest BCUT2D eigenvalue weighted by Gasteiger charge is 2.03. The van der Waals surface area contributed by atoms with Crippen molar-refractivity contribution in [2.24, 2.45) is 0 Å². The van der Waals surface area contributed by atoms with Gasteiger partial charge in [-0.3, -0.25) is 0 Å². The van der Waals surface area contributed by atoms with E-state index in [1.165, 1.54) is 7.11 Å². The lowest BCUT2D eigenvalue weighted by atomic mass is 10.3. The number of methoxy groups -OCH3 is 1. The Kier molecular flexibility index (Phi) is 2.47. The van der Waals surface area contributed by atoms with Gasteiger partial charge in [-0.25, -0.2) is 0 Å². The topological polar surface area (TPSA) is 35.2 Å². The first-order valence-electron chi connectivity index (χ1n) is 2.93. The monoisotopic (exact) mass is 191 g/mol. The first-order chi connectivity index (χ1) is 5.15. The minimum absolute atomic E-state index is 0.383. The molecule has 2 N–H and O–H groups in total. The third-order valence-corrected chi connectivity index (χ3v) is 1.91. The number of hydrogen-bond donors (Lipinski definition) is 1. The lowest BCUT2D eigenvalue weighted by Crippen LogP contribution is -1.89. The summed E-state index contributed by atoms with van der Waals surface area (Å²) in [5, 5.41) is 0.823. The maximum atomic E-state index is 5.71. The summed E-state index contributed by atoms with van der Waals surface area (Å²) in [6.07, 6.45) is 0. The van der Waals surface area contributed by atoms with Gasteiger partial charge in [0.2, 0.25) is 0 Å². The minimum atomic E-state index is 0.383. The molecule has 60 valence electrons. The first kappa shape index (κ1) is 8.50. The van der Waals surface area contributed by atoms with Gasteiger partial charge in [0.15, 0.2) is 0 Å². The second-order valence-electron chi connectivity index (χ2n) is 2.00. The fourth-order valence-corrected chi connectivity index (χ4v) is 1.15. The van der Waals surface area contributed by atoms with E-state index in [4.69, 9.17) is 33.7 Å². The zero-order valence-electron chi connectivity index (χ0n) is 5.90. The summed E-state index contributed by atoms with van der Waals surface area (Å²) in [6, 6.07) is 3.23. The van der Waals surface area contributed by atoms with E-state index in [-0.39, 0.29) is 0 Å². The van der Waals surface area contributed by atoms with Crippen molar-refractivity contribution >= 4 is 28.9 Å². The van der Waals surface area contributed by atoms with Gasteiger partial charge in [-0.1, -0.05) is 23.2 Å². The third kappa shape index (κ3) is 1.70. The molecule has 0 atom stereocenters. The smallest absolute Gasteiger partial charge is 0.121 e. The van der Waals surface area contributed by atoms with Crippen LogP contribution in [0.4, 0.5) is 5.69 Å². The van der Waals surface area contributed by atoms with Gasteiger partial charge in [0.1, 0.15) is 5.75 Å². The minimum Gasteiger partial charge on any atom is -0.497 e. The molecule has 0 unspecified atom stereocenters. The zero-order chi connectivity index (χ0) is 8.43. The van der Waals surface area contributed by atoms with Crippen LogP contribution in [0.5, 0.6) is 5.75 Å². The Balaban J connectivity index is 3.21. The molecule has 0 aliphatic heterocycles. The van der Waals surface area contributed by atoms with E-state index in [0.717, 1.165) is 0 Å². The molecule has 0 amide bonds. The normalized spacial score (nSPS) is 9.73. The molecule has 2 nitrogen and oxygen atoms in total. The van der Waals surface area contributed by atoms with Crippen molar-refractivity contribution < 1.29 is 4.74 Å². The van der Waals surface area contributed by atoms with Crippen molar-refractivity contribution in [3.8, 4) is 5.75 Å². The van der Waals surface area contributed by atoms with Crippen LogP contribution >= 0.6 is 23.2 Å². The summed E-state index contributed by atoms with van der Waals surface area (Å²) in [6.45, 7) is 0. The first-order valence-corrected chi connectivity index (χ1v) is 3.69. The highest BCUT2D eigenvalue weighted by atomic mass is 35.5. The highest BCUT2D eigenvalue weighted by Crippen LogP contribution is 2.31. The molecule has 1 rings (SSSR count). The van der Waals surface area contributed by atoms with Crippen molar-refractivity contribution in [3.05, 3.63) is 22.2 Å². The third-order valence-electron chi connectivity index (χ3n) is 1.29. The van der Waals surface area contributed by atoms with Gasteiger partial charge in [0, 0.05) is 12.1 Å². The van der Waals surface area contributed by atoms with Gasteiger partial charge in [-0.05, 0) is 0 Å². The molecule has 0 radical (unpaired) electrons. The Morgan fingerprint density at radius 2 is 1.73 bits per heavy atom. The second kappa shape index (κ2) is 3.20. The molecule has 0 bridgehead atoms. The van der Waals surface area contributed by atoms with Crippen molar-refractivity contribution in [3.63, 3.8) is 0 Å². The van der Waals surface area contributed by atoms with Crippen LogP contribution in [-0.2, 0) is 0 Å². The van der Waals surface area contributed by atoms with E-state index in [0.29, 0.717) is 21.5 Å². The number of nitrogen functional groups attached to an aromatic ring is 1. The number of ether oxygens (including phenoxy) is 1. The Bertz CT molecular complexity index is 252. The maximum Gasteiger partial charge on any atom is 0.121 e. The number of hydrogen-bond acceptors (Lipinski definition) is 2. The molecular weight excluding hydrogens is 185 g/mol. The molecule has 1 aromatic carbocycles. The Hall–Kier alpha value is -0.600. The van der Waals surface area contributed by atoms with Crippen LogP contribution < -0.4 is 10.5 Å². The molecule has 4 heteroatoms. The van der Waals surface area contributed by atoms with Crippen LogP contribution in [-0.4, -0.2) is 7.11 Å². The standard InChI is InChI=1S/C7H7Cl2NO/c1-11-4-2-5(8)7(10)6(9)3-4/h2-3H,10H2,1H3. The summed E-state index contributed by atoms with van der Waals surface area (Å²) >= 11 is 11.4. The van der Waals surface area contributed by atoms with Crippen LogP contribution in [0, 0.1) is 0 Å². The molecule has 0 heterocycles.